The summed E-state index contributed by atoms with van der Waals surface area (Å²) in [4.78, 5) is 0. The summed E-state index contributed by atoms with van der Waals surface area (Å²) in [6.45, 7) is 0.616. The van der Waals surface area contributed by atoms with Gasteiger partial charge in [-0.05, 0) is 22.4 Å². The Kier molecular flexibility index (Phi) is 1.62. The predicted octanol–water partition coefficient (Wildman–Crippen LogP) is 1.64. The van der Waals surface area contributed by atoms with E-state index in [1.807, 2.05) is 7.05 Å². The van der Waals surface area contributed by atoms with Crippen LogP contribution in [0.25, 0.3) is 10.8 Å². The Labute approximate surface area is 71.6 Å². The van der Waals surface area contributed by atoms with Crippen LogP contribution in [0.1, 0.15) is 5.56 Å². The van der Waals surface area contributed by atoms with E-state index in [9.17, 15) is 0 Å². The summed E-state index contributed by atoms with van der Waals surface area (Å²) in [5.74, 6) is 0. The van der Waals surface area contributed by atoms with Crippen LogP contribution < -0.4 is 5.73 Å². The molecule has 0 radical (unpaired) electrons. The first-order valence-corrected chi connectivity index (χ1v) is 4.04. The van der Waals surface area contributed by atoms with Crippen LogP contribution in [0.4, 0.5) is 0 Å². The minimum Gasteiger partial charge on any atom is -0.356 e. The molecule has 0 spiro atoms. The van der Waals surface area contributed by atoms with Gasteiger partial charge in [-0.2, -0.15) is 0 Å². The third-order valence-corrected chi connectivity index (χ3v) is 2.07. The van der Waals surface area contributed by atoms with Crippen LogP contribution in [0.3, 0.4) is 0 Å². The first-order chi connectivity index (χ1) is 5.79. The summed E-state index contributed by atoms with van der Waals surface area (Å²) in [6, 6.07) is 6.31. The maximum absolute atomic E-state index is 5.54. The number of nitrogens with two attached hydrogens (primary N) is 1. The highest BCUT2D eigenvalue weighted by atomic mass is 14.9. The fraction of sp³-hybridized carbons (Fsp3) is 0.200. The lowest BCUT2D eigenvalue weighted by atomic mass is 10.1. The molecule has 0 bridgehead atoms. The van der Waals surface area contributed by atoms with Gasteiger partial charge in [-0.1, -0.05) is 12.1 Å². The minimum atomic E-state index is 0.616. The number of fused-ring (bicyclic) bond motifs is 1. The topological polar surface area (TPSA) is 30.9 Å². The zero-order valence-corrected chi connectivity index (χ0v) is 7.12. The number of benzene rings is 1. The summed E-state index contributed by atoms with van der Waals surface area (Å²) in [7, 11) is 2.03. The molecule has 0 saturated heterocycles. The van der Waals surface area contributed by atoms with Crippen LogP contribution in [0.15, 0.2) is 30.6 Å². The van der Waals surface area contributed by atoms with Crippen molar-refractivity contribution in [3.05, 3.63) is 36.2 Å². The molecule has 0 amide bonds. The summed E-state index contributed by atoms with van der Waals surface area (Å²) in [6.07, 6.45) is 4.21. The van der Waals surface area contributed by atoms with Crippen molar-refractivity contribution in [3.63, 3.8) is 0 Å². The molecule has 0 atom stereocenters. The van der Waals surface area contributed by atoms with E-state index >= 15 is 0 Å². The standard InChI is InChI=1S/C10H12N2/c1-12-6-9-3-2-8(5-11)4-10(9)7-12/h2-4,6-7H,5,11H2,1H3. The van der Waals surface area contributed by atoms with E-state index in [0.29, 0.717) is 6.54 Å². The van der Waals surface area contributed by atoms with Crippen LogP contribution in [-0.2, 0) is 13.6 Å². The lowest BCUT2D eigenvalue weighted by molar-refractivity contribution is 0.933. The van der Waals surface area contributed by atoms with Crippen LogP contribution in [0, 0.1) is 0 Å². The second-order valence-corrected chi connectivity index (χ2v) is 3.09. The van der Waals surface area contributed by atoms with Crippen molar-refractivity contribution in [1.82, 2.24) is 4.57 Å². The molecule has 0 aliphatic heterocycles. The summed E-state index contributed by atoms with van der Waals surface area (Å²) >= 11 is 0. The van der Waals surface area contributed by atoms with Gasteiger partial charge in [-0.25, -0.2) is 0 Å². The SMILES string of the molecule is Cn1cc2ccc(CN)cc2c1. The molecule has 2 heteroatoms. The third kappa shape index (κ3) is 1.10. The number of aryl methyl sites for hydroxylation is 1. The van der Waals surface area contributed by atoms with Crippen molar-refractivity contribution in [1.29, 1.82) is 0 Å². The van der Waals surface area contributed by atoms with E-state index in [2.05, 4.69) is 35.2 Å². The van der Waals surface area contributed by atoms with Crippen molar-refractivity contribution in [2.24, 2.45) is 12.8 Å². The Hall–Kier alpha value is -1.28. The van der Waals surface area contributed by atoms with Gasteiger partial charge in [0.1, 0.15) is 0 Å². The molecule has 1 aromatic carbocycles. The van der Waals surface area contributed by atoms with Crippen LogP contribution >= 0.6 is 0 Å². The van der Waals surface area contributed by atoms with Gasteiger partial charge in [0.2, 0.25) is 0 Å². The average molecular weight is 160 g/mol. The van der Waals surface area contributed by atoms with Crippen LogP contribution in [-0.4, -0.2) is 4.57 Å². The first kappa shape index (κ1) is 7.37. The Morgan fingerprint density at radius 1 is 1.25 bits per heavy atom. The molecule has 0 aliphatic carbocycles. The molecule has 0 unspecified atom stereocenters. The molecule has 2 aromatic rings. The van der Waals surface area contributed by atoms with Crippen molar-refractivity contribution < 1.29 is 0 Å². The highest BCUT2D eigenvalue weighted by molar-refractivity contribution is 5.82. The van der Waals surface area contributed by atoms with E-state index < -0.39 is 0 Å². The third-order valence-electron chi connectivity index (χ3n) is 2.07. The number of rotatable bonds is 1. The molecule has 2 rings (SSSR count). The first-order valence-electron chi connectivity index (χ1n) is 4.04. The molecule has 0 aliphatic rings. The fourth-order valence-electron chi connectivity index (χ4n) is 1.46. The smallest absolute Gasteiger partial charge is 0.0178 e. The van der Waals surface area contributed by atoms with E-state index in [0.717, 1.165) is 0 Å². The molecular weight excluding hydrogens is 148 g/mol. The van der Waals surface area contributed by atoms with E-state index in [-0.39, 0.29) is 0 Å². The molecule has 2 nitrogen and oxygen atoms in total. The van der Waals surface area contributed by atoms with Crippen molar-refractivity contribution in [2.75, 3.05) is 0 Å². The number of hydrogen-bond acceptors (Lipinski definition) is 1. The Morgan fingerprint density at radius 3 is 2.75 bits per heavy atom. The van der Waals surface area contributed by atoms with Gasteiger partial charge < -0.3 is 10.3 Å². The molecule has 1 aromatic heterocycles. The van der Waals surface area contributed by atoms with Crippen LogP contribution in [0.2, 0.25) is 0 Å². The van der Waals surface area contributed by atoms with Gasteiger partial charge in [0.15, 0.2) is 0 Å². The Balaban J connectivity index is 2.66. The minimum absolute atomic E-state index is 0.616. The van der Waals surface area contributed by atoms with Gasteiger partial charge >= 0.3 is 0 Å². The normalized spacial score (nSPS) is 10.8. The van der Waals surface area contributed by atoms with Crippen molar-refractivity contribution in [3.8, 4) is 0 Å². The van der Waals surface area contributed by atoms with Gasteiger partial charge in [-0.15, -0.1) is 0 Å². The second kappa shape index (κ2) is 2.64. The summed E-state index contributed by atoms with van der Waals surface area (Å²) in [5.41, 5.74) is 6.73. The Bertz CT molecular complexity index is 401. The van der Waals surface area contributed by atoms with E-state index in [1.54, 1.807) is 0 Å². The molecule has 12 heavy (non-hydrogen) atoms. The zero-order valence-electron chi connectivity index (χ0n) is 7.12. The summed E-state index contributed by atoms with van der Waals surface area (Å²) < 4.78 is 2.06. The maximum Gasteiger partial charge on any atom is 0.0178 e. The average Bonchev–Trinajstić information content (AvgIpc) is 2.43. The summed E-state index contributed by atoms with van der Waals surface area (Å²) in [5, 5.41) is 2.54. The molecule has 0 fully saturated rings. The fourth-order valence-corrected chi connectivity index (χ4v) is 1.46. The van der Waals surface area contributed by atoms with E-state index in [4.69, 9.17) is 5.73 Å². The zero-order chi connectivity index (χ0) is 8.55. The Morgan fingerprint density at radius 2 is 2.00 bits per heavy atom. The predicted molar refractivity (Wildman–Crippen MR) is 50.8 cm³/mol. The van der Waals surface area contributed by atoms with Crippen molar-refractivity contribution >= 4 is 10.8 Å². The lowest BCUT2D eigenvalue weighted by Crippen LogP contribution is -1.94. The van der Waals surface area contributed by atoms with Crippen LogP contribution in [0.5, 0.6) is 0 Å². The maximum atomic E-state index is 5.54. The largest absolute Gasteiger partial charge is 0.356 e. The number of aromatic nitrogens is 1. The molecule has 0 saturated carbocycles. The van der Waals surface area contributed by atoms with Gasteiger partial charge in [0.05, 0.1) is 0 Å². The highest BCUT2D eigenvalue weighted by Crippen LogP contribution is 2.16. The molecule has 1 heterocycles. The molecular formula is C10H12N2. The molecule has 62 valence electrons. The monoisotopic (exact) mass is 160 g/mol. The quantitative estimate of drug-likeness (QED) is 0.675. The second-order valence-electron chi connectivity index (χ2n) is 3.09. The number of hydrogen-bond donors (Lipinski definition) is 1. The van der Waals surface area contributed by atoms with Gasteiger partial charge in [0.25, 0.3) is 0 Å². The highest BCUT2D eigenvalue weighted by Gasteiger charge is 1.96. The van der Waals surface area contributed by atoms with Gasteiger partial charge in [0, 0.05) is 26.0 Å². The van der Waals surface area contributed by atoms with Crippen molar-refractivity contribution in [2.45, 2.75) is 6.54 Å². The molecule has 2 N–H and O–H groups in total. The van der Waals surface area contributed by atoms with Gasteiger partial charge in [-0.3, -0.25) is 0 Å². The lowest BCUT2D eigenvalue weighted by Gasteiger charge is -1.94. The van der Waals surface area contributed by atoms with E-state index in [1.165, 1.54) is 16.3 Å². The number of nitrogens with zero attached hydrogens (tertiary/aromatic N) is 1.